The number of ether oxygens (including phenoxy) is 2. The first kappa shape index (κ1) is 13.8. The van der Waals surface area contributed by atoms with Crippen molar-refractivity contribution in [3.8, 4) is 11.5 Å². The van der Waals surface area contributed by atoms with E-state index in [0.29, 0.717) is 11.5 Å². The van der Waals surface area contributed by atoms with Gasteiger partial charge in [0.05, 0.1) is 14.2 Å². The van der Waals surface area contributed by atoms with Crippen LogP contribution in [0.2, 0.25) is 0 Å². The van der Waals surface area contributed by atoms with Crippen LogP contribution in [0.25, 0.3) is 0 Å². The Morgan fingerprint density at radius 3 is 2.44 bits per heavy atom. The Kier molecular flexibility index (Phi) is 4.53. The zero-order valence-corrected chi connectivity index (χ0v) is 10.6. The number of rotatable bonds is 4. The van der Waals surface area contributed by atoms with Crippen molar-refractivity contribution in [2.75, 3.05) is 14.2 Å². The number of amides is 2. The summed E-state index contributed by atoms with van der Waals surface area (Å²) in [6.45, 7) is 2.01. The molecule has 0 atom stereocenters. The van der Waals surface area contributed by atoms with Crippen LogP contribution in [0.4, 0.5) is 0 Å². The minimum absolute atomic E-state index is 0.162. The van der Waals surface area contributed by atoms with Crippen LogP contribution in [0.3, 0.4) is 0 Å². The molecule has 0 bridgehead atoms. The van der Waals surface area contributed by atoms with Crippen molar-refractivity contribution >= 4 is 11.8 Å². The van der Waals surface area contributed by atoms with Gasteiger partial charge in [0.25, 0.3) is 0 Å². The fourth-order valence-electron chi connectivity index (χ4n) is 1.64. The van der Waals surface area contributed by atoms with E-state index in [4.69, 9.17) is 15.2 Å². The first-order valence-corrected chi connectivity index (χ1v) is 5.29. The van der Waals surface area contributed by atoms with Crippen LogP contribution in [-0.2, 0) is 16.1 Å². The molecule has 0 fully saturated rings. The van der Waals surface area contributed by atoms with Crippen molar-refractivity contribution in [1.82, 2.24) is 5.32 Å². The third-order valence-corrected chi connectivity index (χ3v) is 2.52. The lowest BCUT2D eigenvalue weighted by Gasteiger charge is -2.14. The highest BCUT2D eigenvalue weighted by molar-refractivity contribution is 6.34. The summed E-state index contributed by atoms with van der Waals surface area (Å²) < 4.78 is 10.4. The molecule has 0 aromatic heterocycles. The van der Waals surface area contributed by atoms with Gasteiger partial charge in [-0.15, -0.1) is 0 Å². The lowest BCUT2D eigenvalue weighted by Crippen LogP contribution is -2.35. The number of benzene rings is 1. The number of hydrogen-bond acceptors (Lipinski definition) is 4. The molecule has 0 unspecified atom stereocenters. The van der Waals surface area contributed by atoms with Gasteiger partial charge in [-0.25, -0.2) is 0 Å². The average Bonchev–Trinajstić information content (AvgIpc) is 2.35. The first-order valence-electron chi connectivity index (χ1n) is 5.29. The molecule has 3 N–H and O–H groups in total. The molecule has 98 valence electrons. The monoisotopic (exact) mass is 252 g/mol. The largest absolute Gasteiger partial charge is 0.496 e. The summed E-state index contributed by atoms with van der Waals surface area (Å²) in [5.41, 5.74) is 6.41. The van der Waals surface area contributed by atoms with Gasteiger partial charge in [0.2, 0.25) is 0 Å². The molecule has 0 radical (unpaired) electrons. The lowest BCUT2D eigenvalue weighted by molar-refractivity contribution is -0.137. The molecule has 6 nitrogen and oxygen atoms in total. The van der Waals surface area contributed by atoms with Crippen molar-refractivity contribution in [3.05, 3.63) is 23.3 Å². The standard InChI is InChI=1S/C12H16N2O4/c1-7-9(17-2)5-4-8(10(7)18-3)6-14-12(16)11(13)15/h4-5H,6H2,1-3H3,(H2,13,15)(H,14,16). The molecule has 1 aromatic rings. The predicted molar refractivity (Wildman–Crippen MR) is 65.3 cm³/mol. The Morgan fingerprint density at radius 1 is 1.28 bits per heavy atom. The van der Waals surface area contributed by atoms with Crippen molar-refractivity contribution in [2.45, 2.75) is 13.5 Å². The van der Waals surface area contributed by atoms with E-state index >= 15 is 0 Å². The molecule has 0 spiro atoms. The summed E-state index contributed by atoms with van der Waals surface area (Å²) in [6.07, 6.45) is 0. The minimum Gasteiger partial charge on any atom is -0.496 e. The van der Waals surface area contributed by atoms with E-state index < -0.39 is 11.8 Å². The van der Waals surface area contributed by atoms with Gasteiger partial charge in [0.1, 0.15) is 11.5 Å². The molecule has 2 amide bonds. The van der Waals surface area contributed by atoms with E-state index in [1.807, 2.05) is 6.92 Å². The number of methoxy groups -OCH3 is 2. The molecule has 0 saturated carbocycles. The number of nitrogens with two attached hydrogens (primary N) is 1. The third-order valence-electron chi connectivity index (χ3n) is 2.52. The highest BCUT2D eigenvalue weighted by atomic mass is 16.5. The molecule has 18 heavy (non-hydrogen) atoms. The van der Waals surface area contributed by atoms with Crippen molar-refractivity contribution in [1.29, 1.82) is 0 Å². The van der Waals surface area contributed by atoms with E-state index in [2.05, 4.69) is 5.32 Å². The van der Waals surface area contributed by atoms with E-state index in [9.17, 15) is 9.59 Å². The van der Waals surface area contributed by atoms with Crippen molar-refractivity contribution in [2.24, 2.45) is 5.73 Å². The summed E-state index contributed by atoms with van der Waals surface area (Å²) >= 11 is 0. The molecular formula is C12H16N2O4. The summed E-state index contributed by atoms with van der Waals surface area (Å²) in [5.74, 6) is -0.541. The molecule has 0 aliphatic heterocycles. The smallest absolute Gasteiger partial charge is 0.309 e. The second-order valence-corrected chi connectivity index (χ2v) is 3.63. The topological polar surface area (TPSA) is 90.6 Å². The van der Waals surface area contributed by atoms with Gasteiger partial charge in [-0.1, -0.05) is 0 Å². The number of nitrogens with one attached hydrogen (secondary N) is 1. The SMILES string of the molecule is COc1ccc(CNC(=O)C(N)=O)c(OC)c1C. The van der Waals surface area contributed by atoms with Crippen LogP contribution in [0.15, 0.2) is 12.1 Å². The average molecular weight is 252 g/mol. The van der Waals surface area contributed by atoms with E-state index in [1.54, 1.807) is 19.2 Å². The summed E-state index contributed by atoms with van der Waals surface area (Å²) in [7, 11) is 3.09. The Morgan fingerprint density at radius 2 is 1.94 bits per heavy atom. The zero-order chi connectivity index (χ0) is 13.7. The molecule has 0 aliphatic rings. The summed E-state index contributed by atoms with van der Waals surface area (Å²) in [6, 6.07) is 3.52. The maximum Gasteiger partial charge on any atom is 0.309 e. The molecule has 0 saturated heterocycles. The van der Waals surface area contributed by atoms with Gasteiger partial charge in [0, 0.05) is 17.7 Å². The van der Waals surface area contributed by atoms with Gasteiger partial charge in [-0.05, 0) is 19.1 Å². The highest BCUT2D eigenvalue weighted by Crippen LogP contribution is 2.31. The van der Waals surface area contributed by atoms with Crippen molar-refractivity contribution < 1.29 is 19.1 Å². The molecule has 0 heterocycles. The van der Waals surface area contributed by atoms with Gasteiger partial charge < -0.3 is 20.5 Å². The quantitative estimate of drug-likeness (QED) is 0.744. The van der Waals surface area contributed by atoms with Crippen LogP contribution in [0.5, 0.6) is 11.5 Å². The minimum atomic E-state index is -1.01. The maximum absolute atomic E-state index is 11.1. The molecular weight excluding hydrogens is 236 g/mol. The number of carbonyl (C=O) groups excluding carboxylic acids is 2. The molecule has 0 aliphatic carbocycles. The predicted octanol–water partition coefficient (Wildman–Crippen LogP) is 0.114. The highest BCUT2D eigenvalue weighted by Gasteiger charge is 2.13. The molecule has 6 heteroatoms. The van der Waals surface area contributed by atoms with Crippen molar-refractivity contribution in [3.63, 3.8) is 0 Å². The van der Waals surface area contributed by atoms with Gasteiger partial charge >= 0.3 is 11.8 Å². The van der Waals surface area contributed by atoms with E-state index in [1.165, 1.54) is 7.11 Å². The zero-order valence-electron chi connectivity index (χ0n) is 10.6. The fraction of sp³-hybridized carbons (Fsp3) is 0.333. The fourth-order valence-corrected chi connectivity index (χ4v) is 1.64. The second-order valence-electron chi connectivity index (χ2n) is 3.63. The van der Waals surface area contributed by atoms with E-state index in [-0.39, 0.29) is 6.54 Å². The normalized spacial score (nSPS) is 9.72. The number of hydrogen-bond donors (Lipinski definition) is 2. The van der Waals surface area contributed by atoms with Crippen LogP contribution >= 0.6 is 0 Å². The summed E-state index contributed by atoms with van der Waals surface area (Å²) in [5, 5.41) is 2.40. The van der Waals surface area contributed by atoms with Gasteiger partial charge in [-0.3, -0.25) is 9.59 Å². The summed E-state index contributed by atoms with van der Waals surface area (Å²) in [4.78, 5) is 21.7. The Labute approximate surface area is 105 Å². The van der Waals surface area contributed by atoms with Crippen LogP contribution in [-0.4, -0.2) is 26.0 Å². The Bertz CT molecular complexity index is 471. The van der Waals surface area contributed by atoms with E-state index in [0.717, 1.165) is 11.1 Å². The third kappa shape index (κ3) is 2.91. The first-order chi connectivity index (χ1) is 8.51. The van der Waals surface area contributed by atoms with Crippen LogP contribution < -0.4 is 20.5 Å². The molecule has 1 aromatic carbocycles. The number of primary amides is 1. The Hall–Kier alpha value is -2.24. The molecule has 1 rings (SSSR count). The van der Waals surface area contributed by atoms with Crippen LogP contribution in [0.1, 0.15) is 11.1 Å². The van der Waals surface area contributed by atoms with Crippen LogP contribution in [0, 0.1) is 6.92 Å². The van der Waals surface area contributed by atoms with Gasteiger partial charge in [0.15, 0.2) is 0 Å². The lowest BCUT2D eigenvalue weighted by atomic mass is 10.1. The van der Waals surface area contributed by atoms with Gasteiger partial charge in [-0.2, -0.15) is 0 Å². The Balaban J connectivity index is 2.93. The second kappa shape index (κ2) is 5.90. The number of carbonyl (C=O) groups is 2. The maximum atomic E-state index is 11.1.